The molecule has 3 unspecified atom stereocenters. The Bertz CT molecular complexity index is 1110. The van der Waals surface area contributed by atoms with Crippen LogP contribution in [-0.2, 0) is 23.9 Å². The van der Waals surface area contributed by atoms with E-state index < -0.39 is 59.3 Å². The van der Waals surface area contributed by atoms with Crippen LogP contribution in [0, 0.1) is 29.1 Å². The summed E-state index contributed by atoms with van der Waals surface area (Å²) in [6.45, 7) is 12.2. The summed E-state index contributed by atoms with van der Waals surface area (Å²) in [5.41, 5.74) is 4.85. The lowest BCUT2D eigenvalue weighted by molar-refractivity contribution is -0.144. The number of alkyl carbamates (subject to hydrolysis) is 1. The van der Waals surface area contributed by atoms with Crippen molar-refractivity contribution in [3.63, 3.8) is 0 Å². The highest BCUT2D eigenvalue weighted by Gasteiger charge is 2.47. The first kappa shape index (κ1) is 37.1. The summed E-state index contributed by atoms with van der Waals surface area (Å²) < 4.78 is 5.32. The van der Waals surface area contributed by atoms with E-state index in [1.165, 1.54) is 0 Å². The number of ether oxygens (including phenoxy) is 1. The minimum absolute atomic E-state index is 0.0543. The lowest BCUT2D eigenvalue weighted by atomic mass is 9.82. The molecule has 1 aliphatic heterocycles. The Morgan fingerprint density at radius 1 is 0.913 bits per heavy atom. The summed E-state index contributed by atoms with van der Waals surface area (Å²) >= 11 is 0. The Hall–Kier alpha value is -3.38. The van der Waals surface area contributed by atoms with E-state index >= 15 is 0 Å². The van der Waals surface area contributed by atoms with Gasteiger partial charge in [-0.3, -0.25) is 19.2 Å². The summed E-state index contributed by atoms with van der Waals surface area (Å²) in [4.78, 5) is 79.8. The number of hydrogen-bond donors (Lipinski definition) is 5. The Kier molecular flexibility index (Phi) is 13.3. The molecule has 13 heteroatoms. The second-order valence-corrected chi connectivity index (χ2v) is 14.7. The number of hydrogen-bond acceptors (Lipinski definition) is 7. The Balaban J connectivity index is 1.83. The minimum atomic E-state index is -1.09. The average Bonchev–Trinajstić information content (AvgIpc) is 3.69. The van der Waals surface area contributed by atoms with Gasteiger partial charge in [0.1, 0.15) is 18.7 Å². The van der Waals surface area contributed by atoms with Crippen molar-refractivity contribution in [3.8, 4) is 0 Å². The van der Waals surface area contributed by atoms with Crippen molar-refractivity contribution < 1.29 is 33.5 Å². The van der Waals surface area contributed by atoms with Gasteiger partial charge in [0.15, 0.2) is 0 Å². The predicted molar refractivity (Wildman–Crippen MR) is 172 cm³/mol. The van der Waals surface area contributed by atoms with Crippen LogP contribution in [0.5, 0.6) is 0 Å². The summed E-state index contributed by atoms with van der Waals surface area (Å²) in [5, 5.41) is 11.2. The standard InChI is InChI=1S/C33H56N6O7/c1-7-35-32(45)46-18-24(33(4,5)6)37-31(44)38-25(21-11-9-8-10-12-21)30(43)39-16-15-22(19(2)3)26(39)29(42)36-23(17-20-13-14-20)27(40)28(34)41/h19-26H,7-18H2,1-6H3,(H2,34,41)(H,35,45)(H,36,42)(H2,37,38,44)/t22-,23?,24-,25?,26?/m1/s1. The van der Waals surface area contributed by atoms with Gasteiger partial charge in [-0.15, -0.1) is 0 Å². The number of amides is 6. The monoisotopic (exact) mass is 648 g/mol. The molecule has 1 saturated heterocycles. The molecule has 6 N–H and O–H groups in total. The van der Waals surface area contributed by atoms with Crippen LogP contribution in [0.1, 0.15) is 99.3 Å². The molecule has 0 aromatic carbocycles. The van der Waals surface area contributed by atoms with Crippen molar-refractivity contribution in [1.82, 2.24) is 26.2 Å². The third-order valence-electron chi connectivity index (χ3n) is 9.72. The normalized spacial score (nSPS) is 22.4. The van der Waals surface area contributed by atoms with Gasteiger partial charge in [-0.25, -0.2) is 9.59 Å². The molecular weight excluding hydrogens is 592 g/mol. The van der Waals surface area contributed by atoms with Crippen molar-refractivity contribution in [2.24, 2.45) is 34.8 Å². The summed E-state index contributed by atoms with van der Waals surface area (Å²) in [6.07, 6.45) is 6.62. The lowest BCUT2D eigenvalue weighted by Crippen LogP contribution is -2.61. The van der Waals surface area contributed by atoms with Crippen molar-refractivity contribution in [1.29, 1.82) is 0 Å². The maximum absolute atomic E-state index is 14.4. The van der Waals surface area contributed by atoms with E-state index in [9.17, 15) is 28.8 Å². The maximum atomic E-state index is 14.4. The number of nitrogens with one attached hydrogen (secondary N) is 4. The van der Waals surface area contributed by atoms with Crippen LogP contribution in [0.3, 0.4) is 0 Å². The average molecular weight is 649 g/mol. The maximum Gasteiger partial charge on any atom is 0.407 e. The number of carbonyl (C=O) groups excluding carboxylic acids is 6. The molecule has 3 aliphatic rings. The molecular formula is C33H56N6O7. The molecule has 13 nitrogen and oxygen atoms in total. The number of urea groups is 1. The molecule has 260 valence electrons. The fourth-order valence-corrected chi connectivity index (χ4v) is 6.68. The van der Waals surface area contributed by atoms with Crippen LogP contribution in [-0.4, -0.2) is 84.4 Å². The zero-order chi connectivity index (χ0) is 34.2. The fraction of sp³-hybridized carbons (Fsp3) is 0.818. The zero-order valence-corrected chi connectivity index (χ0v) is 28.5. The first-order valence-electron chi connectivity index (χ1n) is 17.1. The first-order valence-corrected chi connectivity index (χ1v) is 17.1. The number of primary amides is 1. The molecule has 3 fully saturated rings. The van der Waals surface area contributed by atoms with Crippen LogP contribution in [0.15, 0.2) is 0 Å². The molecule has 1 heterocycles. The smallest absolute Gasteiger partial charge is 0.407 e. The fourth-order valence-electron chi connectivity index (χ4n) is 6.68. The first-order chi connectivity index (χ1) is 21.6. The predicted octanol–water partition coefficient (Wildman–Crippen LogP) is 2.61. The highest BCUT2D eigenvalue weighted by Crippen LogP contribution is 2.36. The number of nitrogens with two attached hydrogens (primary N) is 1. The van der Waals surface area contributed by atoms with Gasteiger partial charge in [-0.05, 0) is 61.7 Å². The van der Waals surface area contributed by atoms with E-state index in [0.717, 1.165) is 44.9 Å². The number of likely N-dealkylation sites (tertiary alicyclic amines) is 1. The second kappa shape index (κ2) is 16.4. The molecule has 0 aromatic rings. The SMILES string of the molecule is CCNC(=O)OC[C@@H](NC(=O)NC(C(=O)N1CC[C@H](C(C)C)C1C(=O)NC(CC1CC1)C(=O)C(N)=O)C1CCCCC1)C(C)(C)C. The van der Waals surface area contributed by atoms with E-state index in [0.29, 0.717) is 25.9 Å². The Labute approximate surface area is 273 Å². The lowest BCUT2D eigenvalue weighted by Gasteiger charge is -2.37. The molecule has 0 bridgehead atoms. The van der Waals surface area contributed by atoms with Crippen LogP contribution in [0.25, 0.3) is 0 Å². The number of rotatable bonds is 14. The number of carbonyl (C=O) groups is 6. The summed E-state index contributed by atoms with van der Waals surface area (Å²) in [7, 11) is 0. The minimum Gasteiger partial charge on any atom is -0.447 e. The van der Waals surface area contributed by atoms with Gasteiger partial charge in [0, 0.05) is 13.1 Å². The van der Waals surface area contributed by atoms with Gasteiger partial charge < -0.3 is 36.6 Å². The quantitative estimate of drug-likeness (QED) is 0.179. The molecule has 0 aromatic heterocycles. The highest BCUT2D eigenvalue weighted by molar-refractivity contribution is 6.37. The Morgan fingerprint density at radius 2 is 1.57 bits per heavy atom. The molecule has 2 aliphatic carbocycles. The topological polar surface area (TPSA) is 189 Å². The van der Waals surface area contributed by atoms with Crippen molar-refractivity contribution in [2.45, 2.75) is 123 Å². The van der Waals surface area contributed by atoms with Crippen molar-refractivity contribution >= 4 is 35.6 Å². The molecule has 6 amide bonds. The molecule has 0 radical (unpaired) electrons. The summed E-state index contributed by atoms with van der Waals surface area (Å²) in [5.74, 6) is -2.73. The van der Waals surface area contributed by atoms with Gasteiger partial charge in [-0.1, -0.05) is 66.7 Å². The van der Waals surface area contributed by atoms with Crippen LogP contribution < -0.4 is 27.0 Å². The van der Waals surface area contributed by atoms with E-state index in [2.05, 4.69) is 21.3 Å². The van der Waals surface area contributed by atoms with Gasteiger partial charge >= 0.3 is 12.1 Å². The molecule has 46 heavy (non-hydrogen) atoms. The van der Waals surface area contributed by atoms with Gasteiger partial charge in [0.25, 0.3) is 5.91 Å². The van der Waals surface area contributed by atoms with Gasteiger partial charge in [-0.2, -0.15) is 0 Å². The van der Waals surface area contributed by atoms with E-state index in [1.54, 1.807) is 11.8 Å². The third kappa shape index (κ3) is 10.3. The number of nitrogens with zero attached hydrogens (tertiary/aromatic N) is 1. The van der Waals surface area contributed by atoms with Gasteiger partial charge in [0.05, 0.1) is 12.1 Å². The van der Waals surface area contributed by atoms with Crippen LogP contribution >= 0.6 is 0 Å². The Morgan fingerprint density at radius 3 is 2.11 bits per heavy atom. The summed E-state index contributed by atoms with van der Waals surface area (Å²) in [6, 6.07) is -3.86. The molecule has 0 spiro atoms. The number of ketones is 1. The van der Waals surface area contributed by atoms with Crippen LogP contribution in [0.2, 0.25) is 0 Å². The van der Waals surface area contributed by atoms with E-state index in [-0.39, 0.29) is 36.2 Å². The highest BCUT2D eigenvalue weighted by atomic mass is 16.5. The van der Waals surface area contributed by atoms with Gasteiger partial charge in [0.2, 0.25) is 17.6 Å². The second-order valence-electron chi connectivity index (χ2n) is 14.7. The van der Waals surface area contributed by atoms with Crippen LogP contribution in [0.4, 0.5) is 9.59 Å². The number of Topliss-reactive ketones (excluding diaryl/α,β-unsaturated/α-hetero) is 1. The third-order valence-corrected chi connectivity index (χ3v) is 9.72. The van der Waals surface area contributed by atoms with Crippen molar-refractivity contribution in [3.05, 3.63) is 0 Å². The van der Waals surface area contributed by atoms with Crippen molar-refractivity contribution in [2.75, 3.05) is 19.7 Å². The molecule has 2 saturated carbocycles. The molecule has 5 atom stereocenters. The largest absolute Gasteiger partial charge is 0.447 e. The van der Waals surface area contributed by atoms with E-state index in [4.69, 9.17) is 10.5 Å². The zero-order valence-electron chi connectivity index (χ0n) is 28.5. The molecule has 3 rings (SSSR count). The van der Waals surface area contributed by atoms with E-state index in [1.807, 2.05) is 34.6 Å².